The minimum atomic E-state index is 0.176. The van der Waals surface area contributed by atoms with E-state index in [9.17, 15) is 0 Å². The Morgan fingerprint density at radius 2 is 2.19 bits per heavy atom. The van der Waals surface area contributed by atoms with Gasteiger partial charge in [-0.05, 0) is 30.5 Å². The van der Waals surface area contributed by atoms with Crippen LogP contribution >= 0.6 is 22.9 Å². The van der Waals surface area contributed by atoms with Crippen LogP contribution in [0.25, 0.3) is 0 Å². The van der Waals surface area contributed by atoms with Crippen LogP contribution in [0.2, 0.25) is 0 Å². The van der Waals surface area contributed by atoms with E-state index in [0.29, 0.717) is 5.17 Å². The fraction of sp³-hybridized carbons (Fsp3) is 0.500. The highest BCUT2D eigenvalue weighted by atomic mass is 35.5. The first-order chi connectivity index (χ1) is 7.51. The minimum Gasteiger partial charge on any atom is -0.276 e. The van der Waals surface area contributed by atoms with Gasteiger partial charge in [0.2, 0.25) is 0 Å². The molecule has 0 fully saturated rings. The molecule has 0 aromatic carbocycles. The second-order valence-electron chi connectivity index (χ2n) is 4.64. The molecule has 0 amide bonds. The maximum Gasteiger partial charge on any atom is 0.133 e. The maximum atomic E-state index is 6.20. The standard InChI is InChI=1S/C12H15ClN2S/c1-12(2)6-5-7-9(12)8(10(13)14-3)11(15-4)16-7/h4-6H2,1-3H3/b14-10+. The summed E-state index contributed by atoms with van der Waals surface area (Å²) in [7, 11) is 1.71. The Kier molecular flexibility index (Phi) is 2.93. The molecule has 0 aliphatic heterocycles. The number of nitrogens with zero attached hydrogens (tertiary/aromatic N) is 2. The summed E-state index contributed by atoms with van der Waals surface area (Å²) in [6.45, 7) is 8.12. The summed E-state index contributed by atoms with van der Waals surface area (Å²) >= 11 is 7.90. The van der Waals surface area contributed by atoms with Crippen LogP contribution in [0.1, 0.15) is 36.3 Å². The van der Waals surface area contributed by atoms with E-state index in [2.05, 4.69) is 30.5 Å². The monoisotopic (exact) mass is 254 g/mol. The molecule has 86 valence electrons. The van der Waals surface area contributed by atoms with Gasteiger partial charge in [-0.15, -0.1) is 11.3 Å². The minimum absolute atomic E-state index is 0.176. The zero-order valence-corrected chi connectivity index (χ0v) is 11.4. The summed E-state index contributed by atoms with van der Waals surface area (Å²) in [6, 6.07) is 0. The Labute approximate surface area is 105 Å². The third-order valence-electron chi connectivity index (χ3n) is 3.16. The molecule has 2 nitrogen and oxygen atoms in total. The van der Waals surface area contributed by atoms with Crippen LogP contribution in [0.15, 0.2) is 9.98 Å². The van der Waals surface area contributed by atoms with Crippen LogP contribution in [0, 0.1) is 0 Å². The molecule has 0 spiro atoms. The van der Waals surface area contributed by atoms with E-state index in [1.807, 2.05) is 0 Å². The molecule has 1 aliphatic rings. The van der Waals surface area contributed by atoms with Gasteiger partial charge in [0.15, 0.2) is 0 Å². The summed E-state index contributed by atoms with van der Waals surface area (Å²) in [5, 5.41) is 1.46. The molecule has 2 rings (SSSR count). The fourth-order valence-corrected chi connectivity index (χ4v) is 3.85. The van der Waals surface area contributed by atoms with Gasteiger partial charge in [0, 0.05) is 11.9 Å². The van der Waals surface area contributed by atoms with Crippen molar-refractivity contribution in [1.29, 1.82) is 0 Å². The Balaban J connectivity index is 2.71. The lowest BCUT2D eigenvalue weighted by molar-refractivity contribution is 0.522. The first kappa shape index (κ1) is 11.8. The van der Waals surface area contributed by atoms with E-state index in [1.165, 1.54) is 16.9 Å². The average Bonchev–Trinajstić information content (AvgIpc) is 2.76. The van der Waals surface area contributed by atoms with E-state index in [4.69, 9.17) is 11.6 Å². The number of rotatable bonds is 2. The normalized spacial score (nSPS) is 18.6. The van der Waals surface area contributed by atoms with Gasteiger partial charge in [-0.3, -0.25) is 9.98 Å². The molecular weight excluding hydrogens is 240 g/mol. The maximum absolute atomic E-state index is 6.20. The number of aliphatic imine (C=N–C) groups is 2. The smallest absolute Gasteiger partial charge is 0.133 e. The van der Waals surface area contributed by atoms with Crippen LogP contribution < -0.4 is 0 Å². The number of thiophene rings is 1. The summed E-state index contributed by atoms with van der Waals surface area (Å²) in [5.74, 6) is 0. The lowest BCUT2D eigenvalue weighted by Gasteiger charge is -2.19. The topological polar surface area (TPSA) is 24.7 Å². The van der Waals surface area contributed by atoms with Gasteiger partial charge in [-0.1, -0.05) is 25.4 Å². The predicted molar refractivity (Wildman–Crippen MR) is 73.2 cm³/mol. The molecule has 0 saturated heterocycles. The molecule has 0 bridgehead atoms. The third-order valence-corrected chi connectivity index (χ3v) is 4.70. The molecule has 1 aliphatic carbocycles. The SMILES string of the molecule is C=Nc1sc2c(c1/C(Cl)=N\C)C(C)(C)CC2. The fourth-order valence-electron chi connectivity index (χ4n) is 2.32. The second kappa shape index (κ2) is 3.97. The summed E-state index contributed by atoms with van der Waals surface area (Å²) < 4.78 is 0. The molecular formula is C12H15ClN2S. The molecule has 1 aromatic rings. The molecule has 0 atom stereocenters. The van der Waals surface area contributed by atoms with Gasteiger partial charge in [0.05, 0.1) is 5.56 Å². The highest BCUT2D eigenvalue weighted by Gasteiger charge is 2.36. The lowest BCUT2D eigenvalue weighted by Crippen LogP contribution is -2.14. The molecule has 16 heavy (non-hydrogen) atoms. The van der Waals surface area contributed by atoms with Crippen molar-refractivity contribution in [2.24, 2.45) is 9.98 Å². The van der Waals surface area contributed by atoms with Crippen LogP contribution in [-0.4, -0.2) is 18.9 Å². The summed E-state index contributed by atoms with van der Waals surface area (Å²) in [5.41, 5.74) is 2.51. The quantitative estimate of drug-likeness (QED) is 0.715. The number of fused-ring (bicyclic) bond motifs is 1. The van der Waals surface area contributed by atoms with Crippen molar-refractivity contribution in [3.63, 3.8) is 0 Å². The highest BCUT2D eigenvalue weighted by molar-refractivity contribution is 7.16. The number of aryl methyl sites for hydroxylation is 1. The van der Waals surface area contributed by atoms with Crippen molar-refractivity contribution >= 4 is 39.8 Å². The van der Waals surface area contributed by atoms with Gasteiger partial charge >= 0.3 is 0 Å². The first-order valence-electron chi connectivity index (χ1n) is 5.26. The number of halogens is 1. The van der Waals surface area contributed by atoms with Crippen molar-refractivity contribution in [1.82, 2.24) is 0 Å². The summed E-state index contributed by atoms with van der Waals surface area (Å²) in [6.07, 6.45) is 2.29. The Morgan fingerprint density at radius 1 is 1.50 bits per heavy atom. The second-order valence-corrected chi connectivity index (χ2v) is 6.08. The number of hydrogen-bond donors (Lipinski definition) is 0. The van der Waals surface area contributed by atoms with E-state index in [-0.39, 0.29) is 5.41 Å². The zero-order valence-electron chi connectivity index (χ0n) is 9.80. The van der Waals surface area contributed by atoms with Crippen LogP contribution in [0.5, 0.6) is 0 Å². The molecule has 1 heterocycles. The van der Waals surface area contributed by atoms with Crippen molar-refractivity contribution in [2.45, 2.75) is 32.1 Å². The van der Waals surface area contributed by atoms with Crippen molar-refractivity contribution < 1.29 is 0 Å². The van der Waals surface area contributed by atoms with Gasteiger partial charge in [0.1, 0.15) is 10.2 Å². The number of hydrogen-bond acceptors (Lipinski definition) is 3. The molecule has 4 heteroatoms. The third kappa shape index (κ3) is 1.62. The van der Waals surface area contributed by atoms with Gasteiger partial charge in [-0.2, -0.15) is 0 Å². The van der Waals surface area contributed by atoms with Gasteiger partial charge < -0.3 is 0 Å². The Hall–Kier alpha value is -0.670. The van der Waals surface area contributed by atoms with Crippen LogP contribution in [-0.2, 0) is 11.8 Å². The van der Waals surface area contributed by atoms with E-state index in [1.54, 1.807) is 18.4 Å². The Morgan fingerprint density at radius 3 is 2.75 bits per heavy atom. The van der Waals surface area contributed by atoms with E-state index < -0.39 is 0 Å². The molecule has 0 N–H and O–H groups in total. The predicted octanol–water partition coefficient (Wildman–Crippen LogP) is 3.92. The van der Waals surface area contributed by atoms with Gasteiger partial charge in [0.25, 0.3) is 0 Å². The molecule has 0 unspecified atom stereocenters. The highest BCUT2D eigenvalue weighted by Crippen LogP contribution is 2.49. The summed E-state index contributed by atoms with van der Waals surface area (Å²) in [4.78, 5) is 9.55. The van der Waals surface area contributed by atoms with Crippen molar-refractivity contribution in [2.75, 3.05) is 7.05 Å². The Bertz CT molecular complexity index is 472. The lowest BCUT2D eigenvalue weighted by atomic mass is 9.85. The average molecular weight is 255 g/mol. The largest absolute Gasteiger partial charge is 0.276 e. The van der Waals surface area contributed by atoms with Crippen LogP contribution in [0.4, 0.5) is 5.00 Å². The molecule has 0 radical (unpaired) electrons. The van der Waals surface area contributed by atoms with Crippen molar-refractivity contribution in [3.8, 4) is 0 Å². The molecule has 0 saturated carbocycles. The first-order valence-corrected chi connectivity index (χ1v) is 6.46. The van der Waals surface area contributed by atoms with Crippen molar-refractivity contribution in [3.05, 3.63) is 16.0 Å². The zero-order chi connectivity index (χ0) is 11.9. The van der Waals surface area contributed by atoms with Crippen LogP contribution in [0.3, 0.4) is 0 Å². The van der Waals surface area contributed by atoms with Gasteiger partial charge in [-0.25, -0.2) is 0 Å². The molecule has 1 aromatic heterocycles. The van der Waals surface area contributed by atoms with E-state index >= 15 is 0 Å². The van der Waals surface area contributed by atoms with E-state index in [0.717, 1.165) is 17.0 Å².